The molecule has 0 bridgehead atoms. The van der Waals surface area contributed by atoms with Crippen molar-refractivity contribution >= 4 is 5.78 Å². The zero-order chi connectivity index (χ0) is 12.3. The van der Waals surface area contributed by atoms with Crippen LogP contribution in [0.3, 0.4) is 0 Å². The molecule has 1 heterocycles. The van der Waals surface area contributed by atoms with Gasteiger partial charge >= 0.3 is 0 Å². The zero-order valence-corrected chi connectivity index (χ0v) is 10.2. The molecule has 92 valence electrons. The van der Waals surface area contributed by atoms with Gasteiger partial charge in [0.05, 0.1) is 6.04 Å². The number of likely N-dealkylation sites (tertiary alicyclic amines) is 1. The van der Waals surface area contributed by atoms with E-state index in [2.05, 4.69) is 4.90 Å². The van der Waals surface area contributed by atoms with Gasteiger partial charge in [0.1, 0.15) is 5.82 Å². The Kier molecular flexibility index (Phi) is 3.89. The Labute approximate surface area is 101 Å². The molecule has 0 N–H and O–H groups in total. The summed E-state index contributed by atoms with van der Waals surface area (Å²) >= 11 is 0. The third-order valence-corrected chi connectivity index (χ3v) is 3.34. The Morgan fingerprint density at radius 3 is 2.47 bits per heavy atom. The second-order valence-corrected chi connectivity index (χ2v) is 4.63. The maximum atomic E-state index is 13.8. The van der Waals surface area contributed by atoms with E-state index in [4.69, 9.17) is 0 Å². The van der Waals surface area contributed by atoms with Crippen molar-refractivity contribution in [1.82, 2.24) is 4.90 Å². The molecular weight excluding hydrogens is 217 g/mol. The minimum Gasteiger partial charge on any atom is -0.298 e. The molecule has 1 unspecified atom stereocenters. The van der Waals surface area contributed by atoms with Crippen LogP contribution in [0.4, 0.5) is 4.39 Å². The number of benzene rings is 1. The lowest BCUT2D eigenvalue weighted by atomic mass is 9.98. The van der Waals surface area contributed by atoms with Gasteiger partial charge in [0.15, 0.2) is 5.78 Å². The second kappa shape index (κ2) is 5.41. The van der Waals surface area contributed by atoms with Crippen LogP contribution in [0.2, 0.25) is 0 Å². The van der Waals surface area contributed by atoms with Gasteiger partial charge in [-0.2, -0.15) is 0 Å². The Morgan fingerprint density at radius 2 is 1.88 bits per heavy atom. The quantitative estimate of drug-likeness (QED) is 0.802. The fraction of sp³-hybridized carbons (Fsp3) is 0.500. The number of Topliss-reactive ketones (excluding diaryl/α,β-unsaturated/α-hetero) is 1. The van der Waals surface area contributed by atoms with E-state index in [0.717, 1.165) is 25.9 Å². The minimum atomic E-state index is -0.406. The lowest BCUT2D eigenvalue weighted by Gasteiger charge is -2.33. The summed E-state index contributed by atoms with van der Waals surface area (Å²) in [7, 11) is 0. The SMILES string of the molecule is CC(=O)C(c1ccccc1F)N1CCCCC1. The predicted octanol–water partition coefficient (Wildman–Crippen LogP) is 2.94. The smallest absolute Gasteiger partial charge is 0.151 e. The van der Waals surface area contributed by atoms with Gasteiger partial charge in [-0.05, 0) is 38.9 Å². The second-order valence-electron chi connectivity index (χ2n) is 4.63. The number of piperidine rings is 1. The summed E-state index contributed by atoms with van der Waals surface area (Å²) in [4.78, 5) is 13.9. The first-order valence-corrected chi connectivity index (χ1v) is 6.19. The summed E-state index contributed by atoms with van der Waals surface area (Å²) < 4.78 is 13.8. The molecule has 17 heavy (non-hydrogen) atoms. The van der Waals surface area contributed by atoms with Crippen LogP contribution in [-0.2, 0) is 4.79 Å². The third kappa shape index (κ3) is 2.72. The first-order valence-electron chi connectivity index (χ1n) is 6.19. The van der Waals surface area contributed by atoms with Crippen LogP contribution in [0, 0.1) is 5.82 Å². The van der Waals surface area contributed by atoms with Gasteiger partial charge in [0.2, 0.25) is 0 Å². The number of nitrogens with zero attached hydrogens (tertiary/aromatic N) is 1. The molecule has 0 aliphatic carbocycles. The zero-order valence-electron chi connectivity index (χ0n) is 10.2. The van der Waals surface area contributed by atoms with Crippen molar-refractivity contribution in [2.45, 2.75) is 32.2 Å². The van der Waals surface area contributed by atoms with Crippen LogP contribution in [-0.4, -0.2) is 23.8 Å². The van der Waals surface area contributed by atoms with E-state index in [1.165, 1.54) is 12.5 Å². The maximum absolute atomic E-state index is 13.8. The lowest BCUT2D eigenvalue weighted by Crippen LogP contribution is -2.37. The van der Waals surface area contributed by atoms with Crippen LogP contribution < -0.4 is 0 Å². The number of hydrogen-bond donors (Lipinski definition) is 0. The predicted molar refractivity (Wildman–Crippen MR) is 65.2 cm³/mol. The summed E-state index contributed by atoms with van der Waals surface area (Å²) in [6.07, 6.45) is 3.40. The molecule has 3 heteroatoms. The Balaban J connectivity index is 2.28. The molecule has 1 fully saturated rings. The number of ketones is 1. The van der Waals surface area contributed by atoms with E-state index >= 15 is 0 Å². The highest BCUT2D eigenvalue weighted by Crippen LogP contribution is 2.27. The van der Waals surface area contributed by atoms with Gasteiger partial charge in [-0.25, -0.2) is 4.39 Å². The van der Waals surface area contributed by atoms with E-state index in [0.29, 0.717) is 5.56 Å². The molecule has 2 nitrogen and oxygen atoms in total. The first kappa shape index (κ1) is 12.2. The van der Waals surface area contributed by atoms with Gasteiger partial charge in [0, 0.05) is 5.56 Å². The molecule has 2 rings (SSSR count). The summed E-state index contributed by atoms with van der Waals surface area (Å²) in [6, 6.07) is 6.19. The number of hydrogen-bond acceptors (Lipinski definition) is 2. The molecule has 1 aliphatic rings. The van der Waals surface area contributed by atoms with Gasteiger partial charge < -0.3 is 0 Å². The summed E-state index contributed by atoms with van der Waals surface area (Å²) in [6.45, 7) is 3.32. The Bertz CT molecular complexity index is 399. The highest BCUT2D eigenvalue weighted by molar-refractivity contribution is 5.83. The van der Waals surface area contributed by atoms with Crippen LogP contribution in [0.1, 0.15) is 37.8 Å². The van der Waals surface area contributed by atoms with E-state index in [1.54, 1.807) is 25.1 Å². The molecule has 1 aromatic rings. The highest BCUT2D eigenvalue weighted by atomic mass is 19.1. The van der Waals surface area contributed by atoms with Gasteiger partial charge in [0.25, 0.3) is 0 Å². The number of carbonyl (C=O) groups is 1. The molecule has 0 spiro atoms. The summed E-state index contributed by atoms with van der Waals surface area (Å²) in [5.74, 6) is -0.254. The number of rotatable bonds is 3. The molecule has 1 atom stereocenters. The topological polar surface area (TPSA) is 20.3 Å². The highest BCUT2D eigenvalue weighted by Gasteiger charge is 2.27. The normalized spacial score (nSPS) is 18.9. The standard InChI is InChI=1S/C14H18FNO/c1-11(17)14(16-9-5-2-6-10-16)12-7-3-4-8-13(12)15/h3-4,7-8,14H,2,5-6,9-10H2,1H3. The molecule has 1 saturated heterocycles. The Morgan fingerprint density at radius 1 is 1.24 bits per heavy atom. The van der Waals surface area contributed by atoms with Crippen molar-refractivity contribution in [3.8, 4) is 0 Å². The molecule has 1 aliphatic heterocycles. The fourth-order valence-corrected chi connectivity index (χ4v) is 2.55. The fourth-order valence-electron chi connectivity index (χ4n) is 2.55. The lowest BCUT2D eigenvalue weighted by molar-refractivity contribution is -0.122. The van der Waals surface area contributed by atoms with Crippen molar-refractivity contribution in [2.75, 3.05) is 13.1 Å². The molecule has 0 saturated carbocycles. The minimum absolute atomic E-state index is 0.0250. The van der Waals surface area contributed by atoms with Gasteiger partial charge in [-0.3, -0.25) is 9.69 Å². The molecule has 0 radical (unpaired) electrons. The van der Waals surface area contributed by atoms with Crippen molar-refractivity contribution in [3.63, 3.8) is 0 Å². The maximum Gasteiger partial charge on any atom is 0.151 e. The van der Waals surface area contributed by atoms with E-state index in [-0.39, 0.29) is 11.6 Å². The van der Waals surface area contributed by atoms with Crippen LogP contribution in [0.15, 0.2) is 24.3 Å². The Hall–Kier alpha value is -1.22. The number of halogens is 1. The number of carbonyl (C=O) groups excluding carboxylic acids is 1. The first-order chi connectivity index (χ1) is 8.20. The van der Waals surface area contributed by atoms with Crippen LogP contribution in [0.25, 0.3) is 0 Å². The largest absolute Gasteiger partial charge is 0.298 e. The van der Waals surface area contributed by atoms with Crippen molar-refractivity contribution in [1.29, 1.82) is 0 Å². The van der Waals surface area contributed by atoms with Crippen LogP contribution >= 0.6 is 0 Å². The molecular formula is C14H18FNO. The van der Waals surface area contributed by atoms with E-state index in [9.17, 15) is 9.18 Å². The van der Waals surface area contributed by atoms with E-state index < -0.39 is 6.04 Å². The van der Waals surface area contributed by atoms with Crippen molar-refractivity contribution < 1.29 is 9.18 Å². The van der Waals surface area contributed by atoms with Gasteiger partial charge in [-0.15, -0.1) is 0 Å². The van der Waals surface area contributed by atoms with Crippen molar-refractivity contribution in [3.05, 3.63) is 35.6 Å². The summed E-state index contributed by atoms with van der Waals surface area (Å²) in [5.41, 5.74) is 0.516. The summed E-state index contributed by atoms with van der Waals surface area (Å²) in [5, 5.41) is 0. The monoisotopic (exact) mass is 235 g/mol. The molecule has 1 aromatic carbocycles. The third-order valence-electron chi connectivity index (χ3n) is 3.34. The van der Waals surface area contributed by atoms with Gasteiger partial charge in [-0.1, -0.05) is 24.6 Å². The molecule has 0 amide bonds. The average molecular weight is 235 g/mol. The van der Waals surface area contributed by atoms with E-state index in [1.807, 2.05) is 0 Å². The molecule has 0 aromatic heterocycles. The average Bonchev–Trinajstić information content (AvgIpc) is 2.33. The van der Waals surface area contributed by atoms with Crippen LogP contribution in [0.5, 0.6) is 0 Å². The van der Waals surface area contributed by atoms with Crippen molar-refractivity contribution in [2.24, 2.45) is 0 Å².